The number of ether oxygens (including phenoxy) is 1. The molecule has 0 aliphatic heterocycles. The van der Waals surface area contributed by atoms with E-state index in [0.717, 1.165) is 0 Å². The van der Waals surface area contributed by atoms with Crippen LogP contribution in [-0.2, 0) is 19.6 Å². The van der Waals surface area contributed by atoms with Crippen molar-refractivity contribution in [1.29, 1.82) is 0 Å². The van der Waals surface area contributed by atoms with Gasteiger partial charge < -0.3 is 4.74 Å². The molecular weight excluding hydrogens is 252 g/mol. The van der Waals surface area contributed by atoms with Crippen molar-refractivity contribution in [3.8, 4) is 0 Å². The molecule has 0 radical (unpaired) electrons. The van der Waals surface area contributed by atoms with Crippen LogP contribution in [0, 0.1) is 0 Å². The lowest BCUT2D eigenvalue weighted by atomic mass is 10.5. The first-order valence-corrected chi connectivity index (χ1v) is 5.85. The number of esters is 1. The number of carbonyl (C=O) groups excluding carboxylic acids is 1. The highest BCUT2D eigenvalue weighted by Gasteiger charge is 2.04. The van der Waals surface area contributed by atoms with Crippen LogP contribution in [0.25, 0.3) is 0 Å². The van der Waals surface area contributed by atoms with Gasteiger partial charge in [0, 0.05) is 0 Å². The molecule has 7 heteroatoms. The fourth-order valence-corrected chi connectivity index (χ4v) is 1.11. The van der Waals surface area contributed by atoms with E-state index in [1.165, 1.54) is 0 Å². The average molecular weight is 261 g/mol. The van der Waals surface area contributed by atoms with E-state index >= 15 is 0 Å². The van der Waals surface area contributed by atoms with Gasteiger partial charge in [0.05, 0.1) is 12.4 Å². The molecule has 0 heterocycles. The molecule has 0 aliphatic rings. The molecule has 12 heavy (non-hydrogen) atoms. The minimum Gasteiger partial charge on any atom is -0.465 e. The number of carbonyl (C=O) groups is 1. The smallest absolute Gasteiger partial charge is 0.316 e. The number of hydrogen-bond donors (Lipinski definition) is 1. The zero-order valence-electron chi connectivity index (χ0n) is 6.19. The number of rotatable bonds is 5. The van der Waals surface area contributed by atoms with Crippen LogP contribution in [0.1, 0.15) is 6.42 Å². The van der Waals surface area contributed by atoms with Crippen LogP contribution < -0.4 is 0 Å². The van der Waals surface area contributed by atoms with Gasteiger partial charge in [0.25, 0.3) is 10.1 Å². The van der Waals surface area contributed by atoms with Crippen LogP contribution in [0.2, 0.25) is 0 Å². The van der Waals surface area contributed by atoms with Gasteiger partial charge in [-0.05, 0) is 6.42 Å². The molecule has 0 fully saturated rings. The lowest BCUT2D eigenvalue weighted by Crippen LogP contribution is -2.11. The van der Waals surface area contributed by atoms with E-state index in [4.69, 9.17) is 4.55 Å². The fraction of sp³-hybridized carbons (Fsp3) is 0.800. The number of alkyl halides is 1. The summed E-state index contributed by atoms with van der Waals surface area (Å²) in [5, 5.41) is 0.0822. The summed E-state index contributed by atoms with van der Waals surface area (Å²) in [5.74, 6) is -0.840. The van der Waals surface area contributed by atoms with E-state index in [-0.39, 0.29) is 24.1 Å². The summed E-state index contributed by atoms with van der Waals surface area (Å²) in [6.07, 6.45) is 0.109. The van der Waals surface area contributed by atoms with Gasteiger partial charge in [0.1, 0.15) is 5.33 Å². The van der Waals surface area contributed by atoms with Crippen LogP contribution in [0.5, 0.6) is 0 Å². The van der Waals surface area contributed by atoms with Gasteiger partial charge in [-0.3, -0.25) is 9.35 Å². The first-order chi connectivity index (χ1) is 5.45. The first kappa shape index (κ1) is 11.9. The van der Waals surface area contributed by atoms with Crippen LogP contribution in [-0.4, -0.2) is 36.6 Å². The molecule has 0 rings (SSSR count). The normalized spacial score (nSPS) is 11.2. The monoisotopic (exact) mass is 260 g/mol. The molecule has 0 amide bonds. The molecule has 0 spiro atoms. The zero-order valence-corrected chi connectivity index (χ0v) is 8.60. The summed E-state index contributed by atoms with van der Waals surface area (Å²) in [7, 11) is -3.93. The molecule has 0 saturated carbocycles. The maximum absolute atomic E-state index is 10.5. The standard InChI is InChI=1S/C5H9BrO5S/c6-4-5(7)11-2-1-3-12(8,9)10/h1-4H2,(H,8,9,10). The van der Waals surface area contributed by atoms with Gasteiger partial charge in [-0.15, -0.1) is 0 Å². The molecule has 72 valence electrons. The summed E-state index contributed by atoms with van der Waals surface area (Å²) >= 11 is 2.86. The molecule has 0 unspecified atom stereocenters. The van der Waals surface area contributed by atoms with Crippen molar-refractivity contribution in [2.75, 3.05) is 17.7 Å². The van der Waals surface area contributed by atoms with Gasteiger partial charge >= 0.3 is 5.97 Å². The lowest BCUT2D eigenvalue weighted by Gasteiger charge is -2.00. The summed E-state index contributed by atoms with van der Waals surface area (Å²) in [5.41, 5.74) is 0. The average Bonchev–Trinajstić information content (AvgIpc) is 1.96. The number of hydrogen-bond acceptors (Lipinski definition) is 4. The molecule has 0 atom stereocenters. The highest BCUT2D eigenvalue weighted by molar-refractivity contribution is 9.09. The van der Waals surface area contributed by atoms with Gasteiger partial charge in [0.15, 0.2) is 0 Å². The van der Waals surface area contributed by atoms with Crippen molar-refractivity contribution in [1.82, 2.24) is 0 Å². The largest absolute Gasteiger partial charge is 0.465 e. The predicted molar refractivity (Wildman–Crippen MR) is 45.8 cm³/mol. The summed E-state index contributed by atoms with van der Waals surface area (Å²) in [6, 6.07) is 0. The Morgan fingerprint density at radius 3 is 2.50 bits per heavy atom. The van der Waals surface area contributed by atoms with Crippen molar-refractivity contribution in [3.63, 3.8) is 0 Å². The van der Waals surface area contributed by atoms with E-state index in [0.29, 0.717) is 0 Å². The molecule has 1 N–H and O–H groups in total. The Hall–Kier alpha value is -0.140. The number of halogens is 1. The van der Waals surface area contributed by atoms with Gasteiger partial charge in [-0.25, -0.2) is 0 Å². The second-order valence-electron chi connectivity index (χ2n) is 1.99. The zero-order chi connectivity index (χ0) is 9.61. The Bertz CT molecular complexity index is 234. The third-order valence-electron chi connectivity index (χ3n) is 0.919. The van der Waals surface area contributed by atoms with Crippen molar-refractivity contribution in [3.05, 3.63) is 0 Å². The Morgan fingerprint density at radius 2 is 2.08 bits per heavy atom. The highest BCUT2D eigenvalue weighted by atomic mass is 79.9. The predicted octanol–water partition coefficient (Wildman–Crippen LogP) is 0.202. The summed E-state index contributed by atoms with van der Waals surface area (Å²) < 4.78 is 33.1. The quantitative estimate of drug-likeness (QED) is 0.331. The molecule has 0 aromatic carbocycles. The molecular formula is C5H9BrO5S. The molecule has 0 aromatic rings. The first-order valence-electron chi connectivity index (χ1n) is 3.12. The van der Waals surface area contributed by atoms with E-state index in [1.807, 2.05) is 0 Å². The van der Waals surface area contributed by atoms with Crippen molar-refractivity contribution in [2.45, 2.75) is 6.42 Å². The minimum atomic E-state index is -3.93. The Balaban J connectivity index is 3.40. The van der Waals surface area contributed by atoms with Gasteiger partial charge in [-0.2, -0.15) is 8.42 Å². The summed E-state index contributed by atoms with van der Waals surface area (Å²) in [4.78, 5) is 10.5. The Morgan fingerprint density at radius 1 is 1.50 bits per heavy atom. The topological polar surface area (TPSA) is 80.7 Å². The van der Waals surface area contributed by atoms with Crippen molar-refractivity contribution in [2.24, 2.45) is 0 Å². The van der Waals surface area contributed by atoms with Crippen LogP contribution in [0.3, 0.4) is 0 Å². The van der Waals surface area contributed by atoms with Crippen molar-refractivity contribution < 1.29 is 22.5 Å². The Labute approximate surface area is 79.0 Å². The molecule has 0 bridgehead atoms. The van der Waals surface area contributed by atoms with Gasteiger partial charge in [-0.1, -0.05) is 15.9 Å². The molecule has 5 nitrogen and oxygen atoms in total. The van der Waals surface area contributed by atoms with Crippen molar-refractivity contribution >= 4 is 32.0 Å². The minimum absolute atomic E-state index is 0.00419. The van der Waals surface area contributed by atoms with Gasteiger partial charge in [0.2, 0.25) is 0 Å². The third kappa shape index (κ3) is 7.96. The van der Waals surface area contributed by atoms with E-state index in [9.17, 15) is 13.2 Å². The Kier molecular flexibility index (Phi) is 5.43. The molecule has 0 aliphatic carbocycles. The third-order valence-corrected chi connectivity index (χ3v) is 2.18. The van der Waals surface area contributed by atoms with Crippen LogP contribution in [0.4, 0.5) is 0 Å². The fourth-order valence-electron chi connectivity index (χ4n) is 0.466. The van der Waals surface area contributed by atoms with E-state index in [1.54, 1.807) is 0 Å². The van der Waals surface area contributed by atoms with Crippen LogP contribution in [0.15, 0.2) is 0 Å². The second-order valence-corrected chi connectivity index (χ2v) is 4.13. The van der Waals surface area contributed by atoms with E-state index < -0.39 is 16.1 Å². The summed E-state index contributed by atoms with van der Waals surface area (Å²) in [6.45, 7) is 0.00419. The molecule has 0 saturated heterocycles. The SMILES string of the molecule is O=C(CBr)OCCCS(=O)(=O)O. The van der Waals surface area contributed by atoms with Crippen LogP contribution >= 0.6 is 15.9 Å². The second kappa shape index (κ2) is 5.50. The maximum Gasteiger partial charge on any atom is 0.316 e. The molecule has 0 aromatic heterocycles. The lowest BCUT2D eigenvalue weighted by molar-refractivity contribution is -0.140. The highest BCUT2D eigenvalue weighted by Crippen LogP contribution is 1.91. The van der Waals surface area contributed by atoms with E-state index in [2.05, 4.69) is 20.7 Å². The maximum atomic E-state index is 10.5.